The molecule has 0 radical (unpaired) electrons. The number of carbonyl (C=O) groups is 1. The van der Waals surface area contributed by atoms with E-state index in [1.807, 2.05) is 0 Å². The van der Waals surface area contributed by atoms with E-state index in [9.17, 15) is 15.0 Å². The Kier molecular flexibility index (Phi) is 4.91. The van der Waals surface area contributed by atoms with Crippen molar-refractivity contribution in [2.75, 3.05) is 13.2 Å². The molecule has 2 fully saturated rings. The molecule has 0 unspecified atom stereocenters. The summed E-state index contributed by atoms with van der Waals surface area (Å²) in [5.74, 6) is 1.36. The number of fused-ring (bicyclic) bond motifs is 2. The van der Waals surface area contributed by atoms with Gasteiger partial charge in [0.25, 0.3) is 6.47 Å². The fourth-order valence-corrected chi connectivity index (χ4v) is 6.86. The summed E-state index contributed by atoms with van der Waals surface area (Å²) in [6.07, 6.45) is 5.61. The number of aliphatic hydroxyl groups excluding tert-OH is 2. The average Bonchev–Trinajstić information content (AvgIpc) is 3.20. The van der Waals surface area contributed by atoms with Crippen LogP contribution in [0.3, 0.4) is 0 Å². The molecule has 1 heterocycles. The predicted octanol–water partition coefficient (Wildman–Crippen LogP) is 2.65. The Labute approximate surface area is 166 Å². The van der Waals surface area contributed by atoms with Crippen LogP contribution in [0.2, 0.25) is 0 Å². The topological polar surface area (TPSA) is 95.4 Å². The first-order valence-corrected chi connectivity index (χ1v) is 10.5. The van der Waals surface area contributed by atoms with Crippen LogP contribution in [0.4, 0.5) is 0 Å². The number of aromatic amines is 1. The summed E-state index contributed by atoms with van der Waals surface area (Å²) >= 11 is 0. The minimum atomic E-state index is -0.189. The van der Waals surface area contributed by atoms with Crippen molar-refractivity contribution in [2.24, 2.45) is 34.5 Å². The molecule has 6 nitrogen and oxygen atoms in total. The standard InChI is InChI=1S/C22H32N2O4/c1-13-4-5-17-16(11-26)18(6-7-21(13,17)2)22(3)9-15-19(8-14(22)10-25)23-24-20(15)28-12-27/h12,14,16-18,25-26H,1,4-11H2,2-3H3,(H,23,24)/t14-,16+,17+,18+,21-,22+/m1/s1. The zero-order valence-corrected chi connectivity index (χ0v) is 16.9. The highest BCUT2D eigenvalue weighted by molar-refractivity contribution is 5.47. The maximum absolute atomic E-state index is 10.9. The van der Waals surface area contributed by atoms with E-state index in [1.165, 1.54) is 5.57 Å². The molecule has 154 valence electrons. The molecule has 0 aliphatic heterocycles. The number of carbonyl (C=O) groups excluding carboxylic acids is 1. The number of aliphatic hydroxyl groups is 2. The Hall–Kier alpha value is -1.66. The number of allylic oxidation sites excluding steroid dienone is 1. The van der Waals surface area contributed by atoms with Gasteiger partial charge in [0, 0.05) is 24.5 Å². The molecule has 0 saturated heterocycles. The van der Waals surface area contributed by atoms with Crippen molar-refractivity contribution in [1.29, 1.82) is 0 Å². The zero-order chi connectivity index (χ0) is 20.1. The number of nitrogens with zero attached hydrogens (tertiary/aromatic N) is 1. The molecule has 3 aliphatic rings. The van der Waals surface area contributed by atoms with Gasteiger partial charge in [-0.1, -0.05) is 26.0 Å². The van der Waals surface area contributed by atoms with Gasteiger partial charge in [-0.3, -0.25) is 9.89 Å². The lowest BCUT2D eigenvalue weighted by Crippen LogP contribution is -2.52. The van der Waals surface area contributed by atoms with Gasteiger partial charge in [0.2, 0.25) is 5.88 Å². The molecular weight excluding hydrogens is 356 g/mol. The van der Waals surface area contributed by atoms with Crippen LogP contribution in [0, 0.1) is 34.5 Å². The Morgan fingerprint density at radius 1 is 1.29 bits per heavy atom. The predicted molar refractivity (Wildman–Crippen MR) is 105 cm³/mol. The Balaban J connectivity index is 1.70. The minimum absolute atomic E-state index is 0.0811. The van der Waals surface area contributed by atoms with Crippen LogP contribution >= 0.6 is 0 Å². The van der Waals surface area contributed by atoms with Crippen LogP contribution in [-0.4, -0.2) is 40.1 Å². The van der Waals surface area contributed by atoms with E-state index in [2.05, 4.69) is 30.6 Å². The van der Waals surface area contributed by atoms with E-state index in [1.54, 1.807) is 0 Å². The first kappa shape index (κ1) is 19.6. The molecule has 3 N–H and O–H groups in total. The van der Waals surface area contributed by atoms with Crippen molar-refractivity contribution < 1.29 is 19.7 Å². The van der Waals surface area contributed by atoms with Crippen molar-refractivity contribution in [1.82, 2.24) is 10.2 Å². The van der Waals surface area contributed by atoms with Gasteiger partial charge in [-0.25, -0.2) is 0 Å². The molecule has 4 rings (SSSR count). The lowest BCUT2D eigenvalue weighted by molar-refractivity contribution is -0.121. The van der Waals surface area contributed by atoms with Crippen molar-refractivity contribution in [3.05, 3.63) is 23.4 Å². The van der Waals surface area contributed by atoms with Crippen molar-refractivity contribution in [3.8, 4) is 5.88 Å². The molecule has 0 bridgehead atoms. The summed E-state index contributed by atoms with van der Waals surface area (Å²) in [5.41, 5.74) is 3.16. The molecular formula is C22H32N2O4. The van der Waals surface area contributed by atoms with Crippen LogP contribution in [0.15, 0.2) is 12.2 Å². The molecule has 0 aromatic carbocycles. The van der Waals surface area contributed by atoms with Crippen LogP contribution in [0.25, 0.3) is 0 Å². The summed E-state index contributed by atoms with van der Waals surface area (Å²) in [7, 11) is 0. The van der Waals surface area contributed by atoms with Crippen LogP contribution in [0.5, 0.6) is 5.88 Å². The molecule has 3 aliphatic carbocycles. The van der Waals surface area contributed by atoms with Gasteiger partial charge in [-0.15, -0.1) is 5.10 Å². The fourth-order valence-electron chi connectivity index (χ4n) is 6.86. The van der Waals surface area contributed by atoms with Gasteiger partial charge < -0.3 is 14.9 Å². The van der Waals surface area contributed by atoms with Crippen molar-refractivity contribution in [3.63, 3.8) is 0 Å². The van der Waals surface area contributed by atoms with Crippen molar-refractivity contribution >= 4 is 6.47 Å². The Morgan fingerprint density at radius 3 is 2.75 bits per heavy atom. The highest BCUT2D eigenvalue weighted by Gasteiger charge is 2.57. The largest absolute Gasteiger partial charge is 0.408 e. The number of H-pyrrole nitrogens is 1. The number of hydrogen-bond acceptors (Lipinski definition) is 5. The summed E-state index contributed by atoms with van der Waals surface area (Å²) in [6, 6.07) is 0. The molecule has 0 amide bonds. The summed E-state index contributed by atoms with van der Waals surface area (Å²) in [5, 5.41) is 27.8. The first-order valence-electron chi connectivity index (χ1n) is 10.5. The van der Waals surface area contributed by atoms with E-state index in [0.717, 1.165) is 36.9 Å². The van der Waals surface area contributed by atoms with E-state index >= 15 is 0 Å². The van der Waals surface area contributed by atoms with Gasteiger partial charge in [-0.2, -0.15) is 0 Å². The molecule has 0 spiro atoms. The van der Waals surface area contributed by atoms with E-state index in [0.29, 0.717) is 37.0 Å². The summed E-state index contributed by atoms with van der Waals surface area (Å²) < 4.78 is 5.10. The van der Waals surface area contributed by atoms with Gasteiger partial charge in [0.15, 0.2) is 0 Å². The SMILES string of the molecule is C=C1CC[C@H]2[C@H](CO)[C@@H]([C@@]3(C)Cc4c(OC=O)n[nH]c4C[C@@H]3CO)CC[C@]12C. The number of hydrogen-bond donors (Lipinski definition) is 3. The Bertz CT molecular complexity index is 775. The highest BCUT2D eigenvalue weighted by Crippen LogP contribution is 2.63. The molecule has 6 heteroatoms. The zero-order valence-electron chi connectivity index (χ0n) is 16.9. The van der Waals surface area contributed by atoms with E-state index < -0.39 is 0 Å². The lowest BCUT2D eigenvalue weighted by Gasteiger charge is -2.55. The maximum Gasteiger partial charge on any atom is 0.299 e. The quantitative estimate of drug-likeness (QED) is 0.532. The van der Waals surface area contributed by atoms with E-state index in [-0.39, 0.29) is 35.9 Å². The third-order valence-corrected chi connectivity index (χ3v) is 8.69. The fraction of sp³-hybridized carbons (Fsp3) is 0.727. The second-order valence-corrected chi connectivity index (χ2v) is 9.62. The highest BCUT2D eigenvalue weighted by atomic mass is 16.5. The second-order valence-electron chi connectivity index (χ2n) is 9.62. The van der Waals surface area contributed by atoms with Gasteiger partial charge in [0.1, 0.15) is 0 Å². The number of nitrogens with one attached hydrogen (secondary N) is 1. The average molecular weight is 389 g/mol. The summed E-state index contributed by atoms with van der Waals surface area (Å²) in [6.45, 7) is 9.59. The van der Waals surface area contributed by atoms with E-state index in [4.69, 9.17) is 4.74 Å². The molecule has 1 aromatic rings. The first-order chi connectivity index (χ1) is 13.4. The molecule has 6 atom stereocenters. The Morgan fingerprint density at radius 2 is 2.07 bits per heavy atom. The molecule has 2 saturated carbocycles. The molecule has 28 heavy (non-hydrogen) atoms. The maximum atomic E-state index is 10.9. The van der Waals surface area contributed by atoms with Gasteiger partial charge >= 0.3 is 0 Å². The van der Waals surface area contributed by atoms with Crippen LogP contribution in [-0.2, 0) is 17.6 Å². The number of rotatable bonds is 5. The summed E-state index contributed by atoms with van der Waals surface area (Å²) in [4.78, 5) is 10.9. The third kappa shape index (κ3) is 2.68. The lowest BCUT2D eigenvalue weighted by atomic mass is 9.49. The third-order valence-electron chi connectivity index (χ3n) is 8.69. The number of ether oxygens (including phenoxy) is 1. The van der Waals surface area contributed by atoms with Gasteiger partial charge in [0.05, 0.1) is 0 Å². The molecule has 1 aromatic heterocycles. The minimum Gasteiger partial charge on any atom is -0.408 e. The smallest absolute Gasteiger partial charge is 0.299 e. The van der Waals surface area contributed by atoms with Crippen LogP contribution < -0.4 is 4.74 Å². The number of aromatic nitrogens is 2. The second kappa shape index (κ2) is 6.99. The normalized spacial score (nSPS) is 40.1. The van der Waals surface area contributed by atoms with Crippen LogP contribution in [0.1, 0.15) is 50.8 Å². The van der Waals surface area contributed by atoms with Gasteiger partial charge in [-0.05, 0) is 73.0 Å². The monoisotopic (exact) mass is 388 g/mol. The van der Waals surface area contributed by atoms with Crippen molar-refractivity contribution in [2.45, 2.75) is 52.4 Å².